The molecule has 0 atom stereocenters. The van der Waals surface area contributed by atoms with Crippen LogP contribution in [0.4, 0.5) is 0 Å². The smallest absolute Gasteiger partial charge is 0.132 e. The Morgan fingerprint density at radius 2 is 1.62 bits per heavy atom. The standard InChI is InChI=1S/C14H11NO/c16-14-7-6-13-8-12(9-15(13)10-14)11-4-2-1-3-5-11/h1-10,16H. The first-order valence-electron chi connectivity index (χ1n) is 5.19. The molecule has 0 aliphatic carbocycles. The lowest BCUT2D eigenvalue weighted by Gasteiger charge is -1.95. The average molecular weight is 209 g/mol. The third-order valence-corrected chi connectivity index (χ3v) is 2.68. The average Bonchev–Trinajstić information content (AvgIpc) is 2.73. The van der Waals surface area contributed by atoms with Crippen LogP contribution in [0.5, 0.6) is 5.75 Å². The highest BCUT2D eigenvalue weighted by Crippen LogP contribution is 2.23. The van der Waals surface area contributed by atoms with E-state index in [4.69, 9.17) is 0 Å². The van der Waals surface area contributed by atoms with Gasteiger partial charge in [0.25, 0.3) is 0 Å². The molecule has 3 aromatic rings. The van der Waals surface area contributed by atoms with Crippen molar-refractivity contribution >= 4 is 5.52 Å². The van der Waals surface area contributed by atoms with Crippen LogP contribution in [0.15, 0.2) is 60.9 Å². The van der Waals surface area contributed by atoms with Gasteiger partial charge in [-0.05, 0) is 23.8 Å². The van der Waals surface area contributed by atoms with Gasteiger partial charge in [0.1, 0.15) is 5.75 Å². The second-order valence-corrected chi connectivity index (χ2v) is 3.81. The van der Waals surface area contributed by atoms with Crippen LogP contribution in [0.25, 0.3) is 16.6 Å². The van der Waals surface area contributed by atoms with Gasteiger partial charge in [0.05, 0.1) is 6.20 Å². The van der Waals surface area contributed by atoms with E-state index in [2.05, 4.69) is 18.2 Å². The van der Waals surface area contributed by atoms with Crippen molar-refractivity contribution in [3.8, 4) is 16.9 Å². The maximum atomic E-state index is 9.39. The van der Waals surface area contributed by atoms with Crippen LogP contribution in [0.1, 0.15) is 0 Å². The molecule has 2 heteroatoms. The summed E-state index contributed by atoms with van der Waals surface area (Å²) in [5.74, 6) is 0.280. The van der Waals surface area contributed by atoms with Crippen molar-refractivity contribution in [2.24, 2.45) is 0 Å². The quantitative estimate of drug-likeness (QED) is 0.653. The van der Waals surface area contributed by atoms with Crippen molar-refractivity contribution in [2.75, 3.05) is 0 Å². The van der Waals surface area contributed by atoms with Crippen LogP contribution in [-0.4, -0.2) is 9.51 Å². The van der Waals surface area contributed by atoms with E-state index in [1.165, 1.54) is 5.56 Å². The van der Waals surface area contributed by atoms with Crippen LogP contribution in [-0.2, 0) is 0 Å². The summed E-state index contributed by atoms with van der Waals surface area (Å²) in [6.07, 6.45) is 3.73. The molecule has 1 N–H and O–H groups in total. The van der Waals surface area contributed by atoms with Crippen LogP contribution >= 0.6 is 0 Å². The largest absolute Gasteiger partial charge is 0.506 e. The van der Waals surface area contributed by atoms with E-state index in [0.29, 0.717) is 0 Å². The molecule has 0 amide bonds. The van der Waals surface area contributed by atoms with E-state index in [1.807, 2.05) is 34.9 Å². The number of fused-ring (bicyclic) bond motifs is 1. The molecule has 16 heavy (non-hydrogen) atoms. The molecule has 0 spiro atoms. The van der Waals surface area contributed by atoms with E-state index >= 15 is 0 Å². The lowest BCUT2D eigenvalue weighted by Crippen LogP contribution is -1.78. The predicted octanol–water partition coefficient (Wildman–Crippen LogP) is 3.31. The second kappa shape index (κ2) is 3.42. The van der Waals surface area contributed by atoms with E-state index < -0.39 is 0 Å². The Morgan fingerprint density at radius 3 is 2.44 bits per heavy atom. The van der Waals surface area contributed by atoms with Crippen LogP contribution in [0.2, 0.25) is 0 Å². The van der Waals surface area contributed by atoms with Crippen molar-refractivity contribution in [1.82, 2.24) is 4.40 Å². The Balaban J connectivity index is 2.19. The monoisotopic (exact) mass is 209 g/mol. The van der Waals surface area contributed by atoms with Crippen molar-refractivity contribution in [2.45, 2.75) is 0 Å². The molecule has 0 bridgehead atoms. The lowest BCUT2D eigenvalue weighted by atomic mass is 10.1. The van der Waals surface area contributed by atoms with Gasteiger partial charge in [-0.15, -0.1) is 0 Å². The molecule has 3 rings (SSSR count). The van der Waals surface area contributed by atoms with Gasteiger partial charge in [0, 0.05) is 17.3 Å². The molecule has 0 fully saturated rings. The van der Waals surface area contributed by atoms with Crippen molar-refractivity contribution in [3.05, 3.63) is 60.9 Å². The molecule has 0 aliphatic rings. The zero-order chi connectivity index (χ0) is 11.0. The Kier molecular flexibility index (Phi) is 1.93. The predicted molar refractivity (Wildman–Crippen MR) is 64.5 cm³/mol. The topological polar surface area (TPSA) is 24.6 Å². The SMILES string of the molecule is Oc1ccc2cc(-c3ccccc3)cn2c1. The third-order valence-electron chi connectivity index (χ3n) is 2.68. The summed E-state index contributed by atoms with van der Waals surface area (Å²) < 4.78 is 1.93. The molecule has 2 aromatic heterocycles. The molecule has 1 aromatic carbocycles. The fourth-order valence-corrected chi connectivity index (χ4v) is 1.89. The Bertz CT molecular complexity index is 626. The molecule has 0 aliphatic heterocycles. The van der Waals surface area contributed by atoms with E-state index in [-0.39, 0.29) is 5.75 Å². The number of pyridine rings is 1. The zero-order valence-electron chi connectivity index (χ0n) is 8.67. The molecule has 0 unspecified atom stereocenters. The Hall–Kier alpha value is -2.22. The minimum Gasteiger partial charge on any atom is -0.506 e. The van der Waals surface area contributed by atoms with E-state index in [0.717, 1.165) is 11.1 Å². The lowest BCUT2D eigenvalue weighted by molar-refractivity contribution is 0.472. The first-order chi connectivity index (χ1) is 7.83. The normalized spacial score (nSPS) is 10.8. The van der Waals surface area contributed by atoms with E-state index in [9.17, 15) is 5.11 Å². The fraction of sp³-hybridized carbons (Fsp3) is 0. The maximum Gasteiger partial charge on any atom is 0.132 e. The number of hydrogen-bond acceptors (Lipinski definition) is 1. The summed E-state index contributed by atoms with van der Waals surface area (Å²) in [5, 5.41) is 9.39. The Labute approximate surface area is 93.4 Å². The van der Waals surface area contributed by atoms with Crippen molar-refractivity contribution in [3.63, 3.8) is 0 Å². The summed E-state index contributed by atoms with van der Waals surface area (Å²) in [6, 6.07) is 15.9. The highest BCUT2D eigenvalue weighted by atomic mass is 16.3. The molecular weight excluding hydrogens is 198 g/mol. The van der Waals surface area contributed by atoms with Gasteiger partial charge in [-0.25, -0.2) is 0 Å². The summed E-state index contributed by atoms with van der Waals surface area (Å²) >= 11 is 0. The van der Waals surface area contributed by atoms with E-state index in [1.54, 1.807) is 12.3 Å². The molecule has 0 radical (unpaired) electrons. The van der Waals surface area contributed by atoms with Crippen molar-refractivity contribution in [1.29, 1.82) is 0 Å². The van der Waals surface area contributed by atoms with Crippen molar-refractivity contribution < 1.29 is 5.11 Å². The fourth-order valence-electron chi connectivity index (χ4n) is 1.89. The van der Waals surface area contributed by atoms with Crippen LogP contribution < -0.4 is 0 Å². The number of nitrogens with zero attached hydrogens (tertiary/aromatic N) is 1. The van der Waals surface area contributed by atoms with Gasteiger partial charge in [-0.1, -0.05) is 30.3 Å². The first kappa shape index (κ1) is 9.04. The number of aromatic nitrogens is 1. The molecule has 2 nitrogen and oxygen atoms in total. The minimum atomic E-state index is 0.280. The number of benzene rings is 1. The van der Waals surface area contributed by atoms with Crippen LogP contribution in [0, 0.1) is 0 Å². The molecule has 0 saturated carbocycles. The number of aromatic hydroxyl groups is 1. The Morgan fingerprint density at radius 1 is 0.812 bits per heavy atom. The summed E-state index contributed by atoms with van der Waals surface area (Å²) in [7, 11) is 0. The molecule has 2 heterocycles. The number of rotatable bonds is 1. The summed E-state index contributed by atoms with van der Waals surface area (Å²) in [4.78, 5) is 0. The van der Waals surface area contributed by atoms with Gasteiger partial charge in [-0.2, -0.15) is 0 Å². The number of hydrogen-bond donors (Lipinski definition) is 1. The molecule has 78 valence electrons. The maximum absolute atomic E-state index is 9.39. The highest BCUT2D eigenvalue weighted by molar-refractivity contribution is 5.70. The van der Waals surface area contributed by atoms with Gasteiger partial charge in [-0.3, -0.25) is 0 Å². The molecule has 0 saturated heterocycles. The third kappa shape index (κ3) is 1.44. The second-order valence-electron chi connectivity index (χ2n) is 3.81. The van der Waals surface area contributed by atoms with Gasteiger partial charge >= 0.3 is 0 Å². The zero-order valence-corrected chi connectivity index (χ0v) is 8.67. The molecular formula is C14H11NO. The van der Waals surface area contributed by atoms with Gasteiger partial charge < -0.3 is 9.51 Å². The van der Waals surface area contributed by atoms with Gasteiger partial charge in [0.15, 0.2) is 0 Å². The summed E-state index contributed by atoms with van der Waals surface area (Å²) in [6.45, 7) is 0. The van der Waals surface area contributed by atoms with Gasteiger partial charge in [0.2, 0.25) is 0 Å². The van der Waals surface area contributed by atoms with Crippen LogP contribution in [0.3, 0.4) is 0 Å². The minimum absolute atomic E-state index is 0.280. The first-order valence-corrected chi connectivity index (χ1v) is 5.19. The summed E-state index contributed by atoms with van der Waals surface area (Å²) in [5.41, 5.74) is 3.42. The highest BCUT2D eigenvalue weighted by Gasteiger charge is 2.01.